The van der Waals surface area contributed by atoms with Crippen molar-refractivity contribution in [2.45, 2.75) is 63.4 Å². The molecule has 2 unspecified atom stereocenters. The summed E-state index contributed by atoms with van der Waals surface area (Å²) in [7, 11) is -3.63. The maximum Gasteiger partial charge on any atom is 0.238 e. The van der Waals surface area contributed by atoms with Crippen molar-refractivity contribution in [3.63, 3.8) is 0 Å². The summed E-state index contributed by atoms with van der Waals surface area (Å²) in [5.74, 6) is 0. The van der Waals surface area contributed by atoms with E-state index in [1.165, 1.54) is 25.3 Å². The number of hydrogen-bond acceptors (Lipinski definition) is 3. The Morgan fingerprint density at radius 3 is 2.55 bits per heavy atom. The highest BCUT2D eigenvalue weighted by molar-refractivity contribution is 7.89. The van der Waals surface area contributed by atoms with Crippen LogP contribution in [0.3, 0.4) is 0 Å². The second-order valence-electron chi connectivity index (χ2n) is 5.40. The number of primary sulfonamides is 1. The van der Waals surface area contributed by atoms with E-state index in [1.807, 2.05) is 13.0 Å². The number of unbranched alkanes of at least 4 members (excludes halogenated alkanes) is 2. The first-order valence-corrected chi connectivity index (χ1v) is 8.78. The third-order valence-corrected chi connectivity index (χ3v) is 4.37. The van der Waals surface area contributed by atoms with Crippen LogP contribution < -0.4 is 10.5 Å². The van der Waals surface area contributed by atoms with E-state index >= 15 is 0 Å². The van der Waals surface area contributed by atoms with Gasteiger partial charge in [0.15, 0.2) is 0 Å². The fourth-order valence-corrected chi connectivity index (χ4v) is 2.84. The summed E-state index contributed by atoms with van der Waals surface area (Å²) >= 11 is 0. The molecular formula is C15H26N2O2S. The van der Waals surface area contributed by atoms with Gasteiger partial charge >= 0.3 is 0 Å². The molecule has 20 heavy (non-hydrogen) atoms. The van der Waals surface area contributed by atoms with Crippen LogP contribution in [0, 0.1) is 0 Å². The van der Waals surface area contributed by atoms with Crippen molar-refractivity contribution in [1.82, 2.24) is 5.32 Å². The van der Waals surface area contributed by atoms with Crippen LogP contribution >= 0.6 is 0 Å². The molecule has 0 bridgehead atoms. The average Bonchev–Trinajstić information content (AvgIpc) is 2.38. The molecular weight excluding hydrogens is 272 g/mol. The summed E-state index contributed by atoms with van der Waals surface area (Å²) in [6.07, 6.45) is 4.82. The van der Waals surface area contributed by atoms with Crippen LogP contribution in [0.25, 0.3) is 0 Å². The number of hydrogen-bond donors (Lipinski definition) is 2. The van der Waals surface area contributed by atoms with Gasteiger partial charge in [0.05, 0.1) is 4.90 Å². The lowest BCUT2D eigenvalue weighted by Gasteiger charge is -2.20. The lowest BCUT2D eigenvalue weighted by molar-refractivity contribution is 0.440. The number of benzene rings is 1. The van der Waals surface area contributed by atoms with Gasteiger partial charge in [-0.25, -0.2) is 13.6 Å². The van der Waals surface area contributed by atoms with Crippen LogP contribution in [0.1, 0.15) is 58.1 Å². The smallest absolute Gasteiger partial charge is 0.238 e. The van der Waals surface area contributed by atoms with Crippen molar-refractivity contribution in [2.24, 2.45) is 5.14 Å². The summed E-state index contributed by atoms with van der Waals surface area (Å²) in [6, 6.07) is 7.34. The standard InChI is InChI=1S/C15H26N2O2S/c1-4-5-6-8-12(2)17-13(3)14-9-7-10-15(11-14)20(16,18)19/h7,9-13,17H,4-6,8H2,1-3H3,(H2,16,18,19). The SMILES string of the molecule is CCCCCC(C)NC(C)c1cccc(S(N)(=O)=O)c1. The zero-order valence-electron chi connectivity index (χ0n) is 12.6. The largest absolute Gasteiger partial charge is 0.308 e. The molecule has 0 spiro atoms. The second kappa shape index (κ2) is 7.76. The molecule has 1 rings (SSSR count). The fourth-order valence-electron chi connectivity index (χ4n) is 2.27. The molecule has 0 saturated heterocycles. The molecule has 0 aromatic heterocycles. The van der Waals surface area contributed by atoms with E-state index in [0.717, 1.165) is 12.0 Å². The molecule has 0 aliphatic heterocycles. The van der Waals surface area contributed by atoms with E-state index in [9.17, 15) is 8.42 Å². The second-order valence-corrected chi connectivity index (χ2v) is 6.96. The summed E-state index contributed by atoms with van der Waals surface area (Å²) in [4.78, 5) is 0.169. The van der Waals surface area contributed by atoms with Crippen molar-refractivity contribution >= 4 is 10.0 Å². The van der Waals surface area contributed by atoms with Crippen molar-refractivity contribution in [1.29, 1.82) is 0 Å². The van der Waals surface area contributed by atoms with Gasteiger partial charge in [-0.15, -0.1) is 0 Å². The third kappa shape index (κ3) is 5.61. The Balaban J connectivity index is 2.66. The zero-order chi connectivity index (χ0) is 15.2. The molecule has 3 N–H and O–H groups in total. The summed E-state index contributed by atoms with van der Waals surface area (Å²) in [5, 5.41) is 8.66. The van der Waals surface area contributed by atoms with Gasteiger partial charge in [0.2, 0.25) is 10.0 Å². The zero-order valence-corrected chi connectivity index (χ0v) is 13.4. The first-order chi connectivity index (χ1) is 9.34. The Morgan fingerprint density at radius 2 is 1.95 bits per heavy atom. The molecule has 0 aliphatic carbocycles. The highest BCUT2D eigenvalue weighted by atomic mass is 32.2. The molecule has 0 saturated carbocycles. The van der Waals surface area contributed by atoms with E-state index in [2.05, 4.69) is 19.2 Å². The molecule has 4 nitrogen and oxygen atoms in total. The quantitative estimate of drug-likeness (QED) is 0.725. The molecule has 2 atom stereocenters. The number of nitrogens with one attached hydrogen (secondary N) is 1. The predicted molar refractivity (Wildman–Crippen MR) is 83.0 cm³/mol. The highest BCUT2D eigenvalue weighted by Gasteiger charge is 2.13. The normalized spacial score (nSPS) is 15.0. The minimum absolute atomic E-state index is 0.105. The van der Waals surface area contributed by atoms with Gasteiger partial charge < -0.3 is 5.32 Å². The van der Waals surface area contributed by atoms with Gasteiger partial charge in [0.25, 0.3) is 0 Å². The lowest BCUT2D eigenvalue weighted by atomic mass is 10.1. The van der Waals surface area contributed by atoms with Crippen molar-refractivity contribution in [3.8, 4) is 0 Å². The molecule has 1 aromatic rings. The van der Waals surface area contributed by atoms with E-state index in [4.69, 9.17) is 5.14 Å². The van der Waals surface area contributed by atoms with Crippen molar-refractivity contribution in [2.75, 3.05) is 0 Å². The van der Waals surface area contributed by atoms with Gasteiger partial charge in [0, 0.05) is 12.1 Å². The van der Waals surface area contributed by atoms with Crippen molar-refractivity contribution < 1.29 is 8.42 Å². The maximum atomic E-state index is 11.4. The molecule has 114 valence electrons. The molecule has 0 heterocycles. The molecule has 0 aliphatic rings. The topological polar surface area (TPSA) is 72.2 Å². The summed E-state index contributed by atoms with van der Waals surface area (Å²) in [6.45, 7) is 6.40. The average molecular weight is 298 g/mol. The van der Waals surface area contributed by atoms with Gasteiger partial charge in [-0.2, -0.15) is 0 Å². The van der Waals surface area contributed by atoms with Gasteiger partial charge in [-0.05, 0) is 38.0 Å². The van der Waals surface area contributed by atoms with Crippen LogP contribution in [0.4, 0.5) is 0 Å². The Hall–Kier alpha value is -0.910. The summed E-state index contributed by atoms with van der Waals surface area (Å²) in [5.41, 5.74) is 0.943. The monoisotopic (exact) mass is 298 g/mol. The first-order valence-electron chi connectivity index (χ1n) is 7.23. The van der Waals surface area contributed by atoms with Crippen molar-refractivity contribution in [3.05, 3.63) is 29.8 Å². The maximum absolute atomic E-state index is 11.4. The Morgan fingerprint density at radius 1 is 1.25 bits per heavy atom. The Bertz CT molecular complexity index is 514. The van der Waals surface area contributed by atoms with E-state index < -0.39 is 10.0 Å². The van der Waals surface area contributed by atoms with E-state index in [0.29, 0.717) is 6.04 Å². The minimum Gasteiger partial charge on any atom is -0.308 e. The van der Waals surface area contributed by atoms with Crippen LogP contribution in [-0.2, 0) is 10.0 Å². The molecule has 0 radical (unpaired) electrons. The van der Waals surface area contributed by atoms with Gasteiger partial charge in [0.1, 0.15) is 0 Å². The predicted octanol–water partition coefficient (Wildman–Crippen LogP) is 2.95. The van der Waals surface area contributed by atoms with Crippen LogP contribution in [0.15, 0.2) is 29.2 Å². The third-order valence-electron chi connectivity index (χ3n) is 3.46. The molecule has 0 fully saturated rings. The van der Waals surface area contributed by atoms with Gasteiger partial charge in [-0.3, -0.25) is 0 Å². The van der Waals surface area contributed by atoms with E-state index in [-0.39, 0.29) is 10.9 Å². The first kappa shape index (κ1) is 17.1. The fraction of sp³-hybridized carbons (Fsp3) is 0.600. The Labute approximate surface area is 122 Å². The number of sulfonamides is 1. The van der Waals surface area contributed by atoms with Gasteiger partial charge in [-0.1, -0.05) is 38.3 Å². The van der Waals surface area contributed by atoms with Crippen LogP contribution in [0.2, 0.25) is 0 Å². The Kier molecular flexibility index (Phi) is 6.65. The number of nitrogens with two attached hydrogens (primary N) is 1. The van der Waals surface area contributed by atoms with Crippen LogP contribution in [0.5, 0.6) is 0 Å². The molecule has 1 aromatic carbocycles. The molecule has 5 heteroatoms. The molecule has 0 amide bonds. The van der Waals surface area contributed by atoms with Crippen LogP contribution in [-0.4, -0.2) is 14.5 Å². The lowest BCUT2D eigenvalue weighted by Crippen LogP contribution is -2.29. The highest BCUT2D eigenvalue weighted by Crippen LogP contribution is 2.18. The number of rotatable bonds is 8. The summed E-state index contributed by atoms with van der Waals surface area (Å²) < 4.78 is 22.7. The van der Waals surface area contributed by atoms with E-state index in [1.54, 1.807) is 12.1 Å². The minimum atomic E-state index is -3.63.